The highest BCUT2D eigenvalue weighted by molar-refractivity contribution is 6.31. The summed E-state index contributed by atoms with van der Waals surface area (Å²) in [4.78, 5) is 4.70. The fourth-order valence-corrected chi connectivity index (χ4v) is 2.31. The minimum atomic E-state index is 0.0673. The first kappa shape index (κ1) is 14.1. The van der Waals surface area contributed by atoms with Crippen LogP contribution in [0, 0.1) is 0 Å². The molecule has 1 unspecified atom stereocenters. The topological polar surface area (TPSA) is 12.4 Å². The van der Waals surface area contributed by atoms with Gasteiger partial charge in [0.05, 0.1) is 6.04 Å². The van der Waals surface area contributed by atoms with E-state index in [9.17, 15) is 0 Å². The first-order valence-electron chi connectivity index (χ1n) is 6.12. The summed E-state index contributed by atoms with van der Waals surface area (Å²) in [5.74, 6) is 0. The van der Waals surface area contributed by atoms with Crippen molar-refractivity contribution in [3.05, 3.63) is 69.7 Å². The molecular weight excluding hydrogens is 277 g/mol. The Labute approximate surface area is 123 Å². The van der Waals surface area contributed by atoms with Gasteiger partial charge in [0.15, 0.2) is 0 Å². The van der Waals surface area contributed by atoms with E-state index in [1.165, 1.54) is 0 Å². The molecule has 0 aliphatic heterocycles. The Balaban J connectivity index is 2.25. The van der Waals surface area contributed by atoms with E-state index in [1.54, 1.807) is 0 Å². The van der Waals surface area contributed by atoms with E-state index in [0.717, 1.165) is 26.9 Å². The van der Waals surface area contributed by atoms with Gasteiger partial charge in [0.1, 0.15) is 0 Å². The average molecular weight is 292 g/mol. The lowest BCUT2D eigenvalue weighted by Crippen LogP contribution is -1.99. The first-order chi connectivity index (χ1) is 9.06. The number of hydrogen-bond acceptors (Lipinski definition) is 1. The van der Waals surface area contributed by atoms with Crippen molar-refractivity contribution >= 4 is 28.9 Å². The van der Waals surface area contributed by atoms with Crippen molar-refractivity contribution in [2.24, 2.45) is 4.99 Å². The lowest BCUT2D eigenvalue weighted by atomic mass is 10.1. The summed E-state index contributed by atoms with van der Waals surface area (Å²) in [7, 11) is 0. The van der Waals surface area contributed by atoms with Crippen molar-refractivity contribution in [3.63, 3.8) is 0 Å². The minimum Gasteiger partial charge on any atom is -0.282 e. The highest BCUT2D eigenvalue weighted by atomic mass is 35.5. The Morgan fingerprint density at radius 3 is 2.26 bits per heavy atom. The molecule has 0 aromatic heterocycles. The van der Waals surface area contributed by atoms with Gasteiger partial charge >= 0.3 is 0 Å². The maximum absolute atomic E-state index is 6.00. The van der Waals surface area contributed by atoms with Crippen LogP contribution in [0.4, 0.5) is 0 Å². The zero-order valence-corrected chi connectivity index (χ0v) is 12.4. The summed E-state index contributed by atoms with van der Waals surface area (Å²) in [5, 5.41) is 1.46. The number of hydrogen-bond donors (Lipinski definition) is 0. The van der Waals surface area contributed by atoms with Crippen molar-refractivity contribution in [2.75, 3.05) is 0 Å². The molecular formula is C16H15Cl2N. The van der Waals surface area contributed by atoms with Gasteiger partial charge in [-0.1, -0.05) is 47.5 Å². The Morgan fingerprint density at radius 1 is 1.00 bits per heavy atom. The molecule has 98 valence electrons. The Bertz CT molecular complexity index is 605. The van der Waals surface area contributed by atoms with E-state index in [4.69, 9.17) is 28.2 Å². The van der Waals surface area contributed by atoms with Gasteiger partial charge in [-0.2, -0.15) is 0 Å². The van der Waals surface area contributed by atoms with Crippen LogP contribution in [0.5, 0.6) is 0 Å². The summed E-state index contributed by atoms with van der Waals surface area (Å²) in [6.45, 7) is 4.05. The highest BCUT2D eigenvalue weighted by Crippen LogP contribution is 2.21. The van der Waals surface area contributed by atoms with Gasteiger partial charge < -0.3 is 0 Å². The lowest BCUT2D eigenvalue weighted by molar-refractivity contribution is 0.820. The number of rotatable bonds is 3. The molecule has 0 saturated heterocycles. The highest BCUT2D eigenvalue weighted by Gasteiger charge is 2.06. The smallest absolute Gasteiger partial charge is 0.0724 e. The molecule has 19 heavy (non-hydrogen) atoms. The SMILES string of the molecule is CC(=NC(C)c1cccc(Cl)c1)c1cccc(Cl)c1. The van der Waals surface area contributed by atoms with Gasteiger partial charge in [0, 0.05) is 15.8 Å². The third-order valence-electron chi connectivity index (χ3n) is 2.96. The molecule has 0 aliphatic carbocycles. The third kappa shape index (κ3) is 3.82. The number of nitrogens with zero attached hydrogens (tertiary/aromatic N) is 1. The van der Waals surface area contributed by atoms with Gasteiger partial charge in [-0.3, -0.25) is 4.99 Å². The number of halogens is 2. The van der Waals surface area contributed by atoms with E-state index in [-0.39, 0.29) is 6.04 Å². The van der Waals surface area contributed by atoms with Crippen LogP contribution >= 0.6 is 23.2 Å². The molecule has 0 fully saturated rings. The second-order valence-corrected chi connectivity index (χ2v) is 5.33. The number of benzene rings is 2. The van der Waals surface area contributed by atoms with Gasteiger partial charge in [-0.15, -0.1) is 0 Å². The average Bonchev–Trinajstić information content (AvgIpc) is 2.38. The maximum atomic E-state index is 6.00. The molecule has 0 N–H and O–H groups in total. The summed E-state index contributed by atoms with van der Waals surface area (Å²) >= 11 is 12.0. The van der Waals surface area contributed by atoms with E-state index in [2.05, 4.69) is 6.92 Å². The van der Waals surface area contributed by atoms with Gasteiger partial charge in [-0.25, -0.2) is 0 Å². The normalized spacial score (nSPS) is 13.4. The maximum Gasteiger partial charge on any atom is 0.0724 e. The van der Waals surface area contributed by atoms with Gasteiger partial charge in [0.25, 0.3) is 0 Å². The number of aliphatic imine (C=N–C) groups is 1. The molecule has 1 atom stereocenters. The van der Waals surface area contributed by atoms with E-state index in [0.29, 0.717) is 0 Å². The molecule has 0 aliphatic rings. The largest absolute Gasteiger partial charge is 0.282 e. The molecule has 2 aromatic rings. The monoisotopic (exact) mass is 291 g/mol. The van der Waals surface area contributed by atoms with E-state index in [1.807, 2.05) is 55.5 Å². The summed E-state index contributed by atoms with van der Waals surface area (Å²) in [6.07, 6.45) is 0. The van der Waals surface area contributed by atoms with Gasteiger partial charge in [-0.05, 0) is 49.2 Å². The van der Waals surface area contributed by atoms with Crippen LogP contribution in [-0.4, -0.2) is 5.71 Å². The molecule has 0 bridgehead atoms. The van der Waals surface area contributed by atoms with Crippen LogP contribution in [0.15, 0.2) is 53.5 Å². The molecule has 2 aromatic carbocycles. The molecule has 0 saturated carbocycles. The summed E-state index contributed by atoms with van der Waals surface area (Å²) < 4.78 is 0. The van der Waals surface area contributed by atoms with E-state index < -0.39 is 0 Å². The standard InChI is InChI=1S/C16H15Cl2N/c1-11(13-5-3-7-15(17)9-13)19-12(2)14-6-4-8-16(18)10-14/h3-11H,1-2H3. The van der Waals surface area contributed by atoms with Crippen molar-refractivity contribution in [2.45, 2.75) is 19.9 Å². The Kier molecular flexibility index (Phi) is 4.62. The molecule has 3 heteroatoms. The van der Waals surface area contributed by atoms with Crippen LogP contribution in [0.3, 0.4) is 0 Å². The molecule has 0 heterocycles. The Morgan fingerprint density at radius 2 is 1.63 bits per heavy atom. The zero-order chi connectivity index (χ0) is 13.8. The zero-order valence-electron chi connectivity index (χ0n) is 10.9. The van der Waals surface area contributed by atoms with Crippen molar-refractivity contribution in [1.82, 2.24) is 0 Å². The third-order valence-corrected chi connectivity index (χ3v) is 3.43. The molecule has 1 nitrogen and oxygen atoms in total. The van der Waals surface area contributed by atoms with Crippen LogP contribution < -0.4 is 0 Å². The lowest BCUT2D eigenvalue weighted by Gasteiger charge is -2.10. The second kappa shape index (κ2) is 6.23. The summed E-state index contributed by atoms with van der Waals surface area (Å²) in [6, 6.07) is 15.6. The van der Waals surface area contributed by atoms with Crippen LogP contribution in [-0.2, 0) is 0 Å². The van der Waals surface area contributed by atoms with Gasteiger partial charge in [0.2, 0.25) is 0 Å². The first-order valence-corrected chi connectivity index (χ1v) is 6.87. The summed E-state index contributed by atoms with van der Waals surface area (Å²) in [5.41, 5.74) is 3.12. The predicted octanol–water partition coefficient (Wildman–Crippen LogP) is 5.56. The second-order valence-electron chi connectivity index (χ2n) is 4.46. The fourth-order valence-electron chi connectivity index (χ4n) is 1.92. The molecule has 0 radical (unpaired) electrons. The van der Waals surface area contributed by atoms with Crippen molar-refractivity contribution < 1.29 is 0 Å². The van der Waals surface area contributed by atoms with E-state index >= 15 is 0 Å². The molecule has 0 spiro atoms. The van der Waals surface area contributed by atoms with Crippen LogP contribution in [0.25, 0.3) is 0 Å². The quantitative estimate of drug-likeness (QED) is 0.656. The molecule has 0 amide bonds. The van der Waals surface area contributed by atoms with Crippen LogP contribution in [0.2, 0.25) is 10.0 Å². The van der Waals surface area contributed by atoms with Crippen LogP contribution in [0.1, 0.15) is 31.0 Å². The Hall–Kier alpha value is -1.31. The fraction of sp³-hybridized carbons (Fsp3) is 0.188. The predicted molar refractivity (Wildman–Crippen MR) is 83.5 cm³/mol. The molecule has 2 rings (SSSR count). The minimum absolute atomic E-state index is 0.0673. The van der Waals surface area contributed by atoms with Crippen molar-refractivity contribution in [1.29, 1.82) is 0 Å². The van der Waals surface area contributed by atoms with Crippen molar-refractivity contribution in [3.8, 4) is 0 Å².